The molecule has 1 saturated carbocycles. The summed E-state index contributed by atoms with van der Waals surface area (Å²) in [6, 6.07) is 13.5. The van der Waals surface area contributed by atoms with Gasteiger partial charge in [0.15, 0.2) is 0 Å². The molecule has 7 nitrogen and oxygen atoms in total. The van der Waals surface area contributed by atoms with Gasteiger partial charge in [-0.1, -0.05) is 67.4 Å². The molecule has 0 saturated heterocycles. The van der Waals surface area contributed by atoms with Gasteiger partial charge in [0.2, 0.25) is 0 Å². The first-order chi connectivity index (χ1) is 18.0. The van der Waals surface area contributed by atoms with E-state index in [1.807, 2.05) is 41.1 Å². The predicted molar refractivity (Wildman–Crippen MR) is 154 cm³/mol. The van der Waals surface area contributed by atoms with Gasteiger partial charge in [0, 0.05) is 28.8 Å². The SMILES string of the molecule is Cc1c([C@@H](Nc2cc(Cl)c3ncc(C#N)c(NCC(C)(C)C)c3c2)c2ccccc2Cl)nnn1C1(C)CC1. The van der Waals surface area contributed by atoms with Crippen molar-refractivity contribution in [2.75, 3.05) is 17.2 Å². The zero-order chi connectivity index (χ0) is 27.2. The molecule has 9 heteroatoms. The molecule has 2 N–H and O–H groups in total. The number of rotatable bonds is 7. The lowest BCUT2D eigenvalue weighted by Crippen LogP contribution is -2.20. The van der Waals surface area contributed by atoms with Crippen LogP contribution in [0.3, 0.4) is 0 Å². The highest BCUT2D eigenvalue weighted by Gasteiger charge is 2.42. The van der Waals surface area contributed by atoms with E-state index in [-0.39, 0.29) is 17.0 Å². The summed E-state index contributed by atoms with van der Waals surface area (Å²) in [6.07, 6.45) is 3.73. The van der Waals surface area contributed by atoms with Crippen LogP contribution in [-0.2, 0) is 5.54 Å². The van der Waals surface area contributed by atoms with E-state index in [9.17, 15) is 5.26 Å². The molecule has 0 aliphatic heterocycles. The van der Waals surface area contributed by atoms with Crippen LogP contribution in [0.1, 0.15) is 69.1 Å². The Morgan fingerprint density at radius 1 is 1.16 bits per heavy atom. The van der Waals surface area contributed by atoms with E-state index in [4.69, 9.17) is 23.2 Å². The average Bonchev–Trinajstić information content (AvgIpc) is 3.49. The third-order valence-electron chi connectivity index (χ3n) is 7.06. The minimum absolute atomic E-state index is 0.0126. The molecule has 2 heterocycles. The lowest BCUT2D eigenvalue weighted by atomic mass is 9.96. The Morgan fingerprint density at radius 2 is 1.89 bits per heavy atom. The highest BCUT2D eigenvalue weighted by molar-refractivity contribution is 6.36. The van der Waals surface area contributed by atoms with E-state index in [0.29, 0.717) is 27.7 Å². The summed E-state index contributed by atoms with van der Waals surface area (Å²) in [7, 11) is 0. The smallest absolute Gasteiger partial charge is 0.112 e. The van der Waals surface area contributed by atoms with Crippen molar-refractivity contribution >= 4 is 45.5 Å². The summed E-state index contributed by atoms with van der Waals surface area (Å²) in [5, 5.41) is 27.9. The molecular weight excluding hydrogens is 517 g/mol. The molecule has 1 fully saturated rings. The third kappa shape index (κ3) is 5.03. The fourth-order valence-electron chi connectivity index (χ4n) is 4.65. The minimum atomic E-state index is -0.369. The van der Waals surface area contributed by atoms with Crippen LogP contribution < -0.4 is 10.6 Å². The van der Waals surface area contributed by atoms with E-state index >= 15 is 0 Å². The van der Waals surface area contributed by atoms with Gasteiger partial charge in [-0.2, -0.15) is 5.26 Å². The highest BCUT2D eigenvalue weighted by Crippen LogP contribution is 2.44. The van der Waals surface area contributed by atoms with Gasteiger partial charge in [-0.25, -0.2) is 4.68 Å². The Kier molecular flexibility index (Phi) is 6.75. The Balaban J connectivity index is 1.62. The van der Waals surface area contributed by atoms with Crippen molar-refractivity contribution in [3.05, 3.63) is 75.2 Å². The summed E-state index contributed by atoms with van der Waals surface area (Å²) in [5.41, 5.74) is 5.29. The topological polar surface area (TPSA) is 91.4 Å². The normalized spacial score (nSPS) is 15.2. The zero-order valence-electron chi connectivity index (χ0n) is 22.2. The second-order valence-corrected chi connectivity index (χ2v) is 12.3. The molecule has 0 unspecified atom stereocenters. The van der Waals surface area contributed by atoms with Crippen molar-refractivity contribution in [1.82, 2.24) is 20.0 Å². The number of nitrogens with one attached hydrogen (secondary N) is 2. The standard InChI is InChI=1S/C29H31Cl2N7/c1-17-24(36-37-38(17)29(5)10-11-29)27(20-8-6-7-9-22(20)30)35-19-12-21-25(34-16-28(2,3)4)18(14-32)15-33-26(21)23(31)13-19/h6-9,12-13,15,27,35H,10-11,16H2,1-5H3,(H,33,34)/t27-/m0/s1. The predicted octanol–water partition coefficient (Wildman–Crippen LogP) is 7.48. The molecular formula is C29H31Cl2N7. The number of aromatic nitrogens is 4. The average molecular weight is 549 g/mol. The fraction of sp³-hybridized carbons (Fsp3) is 0.379. The van der Waals surface area contributed by atoms with Crippen molar-refractivity contribution in [3.8, 4) is 6.07 Å². The van der Waals surface area contributed by atoms with Crippen LogP contribution in [0, 0.1) is 23.7 Å². The van der Waals surface area contributed by atoms with Crippen LogP contribution in [0.4, 0.5) is 11.4 Å². The summed E-state index contributed by atoms with van der Waals surface area (Å²) in [6.45, 7) is 11.4. The molecule has 0 radical (unpaired) electrons. The highest BCUT2D eigenvalue weighted by atomic mass is 35.5. The molecule has 1 aliphatic rings. The van der Waals surface area contributed by atoms with Gasteiger partial charge in [0.25, 0.3) is 0 Å². The molecule has 0 bridgehead atoms. The van der Waals surface area contributed by atoms with Gasteiger partial charge in [-0.15, -0.1) is 5.10 Å². The zero-order valence-corrected chi connectivity index (χ0v) is 23.7. The van der Waals surface area contributed by atoms with Gasteiger partial charge in [-0.05, 0) is 55.9 Å². The van der Waals surface area contributed by atoms with Crippen molar-refractivity contribution in [2.45, 2.75) is 59.0 Å². The molecule has 5 rings (SSSR count). The number of nitriles is 1. The monoisotopic (exact) mass is 547 g/mol. The number of fused-ring (bicyclic) bond motifs is 1. The van der Waals surface area contributed by atoms with E-state index < -0.39 is 0 Å². The summed E-state index contributed by atoms with van der Waals surface area (Å²) < 4.78 is 2.03. The van der Waals surface area contributed by atoms with Crippen LogP contribution in [0.2, 0.25) is 10.0 Å². The largest absolute Gasteiger partial charge is 0.383 e. The molecule has 2 aromatic carbocycles. The number of halogens is 2. The first-order valence-corrected chi connectivity index (χ1v) is 13.5. The van der Waals surface area contributed by atoms with E-state index in [2.05, 4.69) is 66.6 Å². The van der Waals surface area contributed by atoms with Gasteiger partial charge < -0.3 is 10.6 Å². The summed E-state index contributed by atoms with van der Waals surface area (Å²) in [5.74, 6) is 0. The number of anilines is 2. The summed E-state index contributed by atoms with van der Waals surface area (Å²) in [4.78, 5) is 4.49. The Bertz CT molecular complexity index is 1560. The molecule has 4 aromatic rings. The van der Waals surface area contributed by atoms with Gasteiger partial charge in [0.1, 0.15) is 11.8 Å². The van der Waals surface area contributed by atoms with Gasteiger partial charge >= 0.3 is 0 Å². The van der Waals surface area contributed by atoms with E-state index in [0.717, 1.165) is 46.6 Å². The van der Waals surface area contributed by atoms with E-state index in [1.165, 1.54) is 0 Å². The van der Waals surface area contributed by atoms with Gasteiger partial charge in [-0.3, -0.25) is 4.98 Å². The van der Waals surface area contributed by atoms with Crippen LogP contribution >= 0.6 is 23.2 Å². The lowest BCUT2D eigenvalue weighted by molar-refractivity contribution is 0.443. The maximum atomic E-state index is 9.81. The molecule has 38 heavy (non-hydrogen) atoms. The molecule has 1 aliphatic carbocycles. The van der Waals surface area contributed by atoms with Crippen LogP contribution in [0.25, 0.3) is 10.9 Å². The van der Waals surface area contributed by atoms with Crippen LogP contribution in [0.5, 0.6) is 0 Å². The molecule has 2 aromatic heterocycles. The number of benzene rings is 2. The number of nitrogens with zero attached hydrogens (tertiary/aromatic N) is 5. The molecule has 0 spiro atoms. The van der Waals surface area contributed by atoms with Gasteiger partial charge in [0.05, 0.1) is 39.1 Å². The van der Waals surface area contributed by atoms with Crippen molar-refractivity contribution < 1.29 is 0 Å². The minimum Gasteiger partial charge on any atom is -0.383 e. The maximum absolute atomic E-state index is 9.81. The van der Waals surface area contributed by atoms with Crippen LogP contribution in [-0.4, -0.2) is 26.5 Å². The quantitative estimate of drug-likeness (QED) is 0.249. The Morgan fingerprint density at radius 3 is 2.55 bits per heavy atom. The first-order valence-electron chi connectivity index (χ1n) is 12.7. The fourth-order valence-corrected chi connectivity index (χ4v) is 5.17. The van der Waals surface area contributed by atoms with Crippen LogP contribution in [0.15, 0.2) is 42.6 Å². The maximum Gasteiger partial charge on any atom is 0.112 e. The lowest BCUT2D eigenvalue weighted by Gasteiger charge is -2.23. The summed E-state index contributed by atoms with van der Waals surface area (Å²) >= 11 is 13.5. The van der Waals surface area contributed by atoms with Crippen molar-refractivity contribution in [2.24, 2.45) is 5.41 Å². The Labute approximate surface area is 233 Å². The second-order valence-electron chi connectivity index (χ2n) is 11.5. The third-order valence-corrected chi connectivity index (χ3v) is 7.69. The molecule has 0 amide bonds. The second kappa shape index (κ2) is 9.76. The Hall–Kier alpha value is -3.34. The molecule has 1 atom stereocenters. The van der Waals surface area contributed by atoms with E-state index in [1.54, 1.807) is 6.20 Å². The first kappa shape index (κ1) is 26.3. The number of hydrogen-bond donors (Lipinski definition) is 2. The number of hydrogen-bond acceptors (Lipinski definition) is 6. The number of pyridine rings is 1. The molecule has 196 valence electrons. The van der Waals surface area contributed by atoms with Crippen molar-refractivity contribution in [3.63, 3.8) is 0 Å². The van der Waals surface area contributed by atoms with Crippen molar-refractivity contribution in [1.29, 1.82) is 5.26 Å².